The Hall–Kier alpha value is -0.330. The molecule has 0 saturated carbocycles. The normalized spacial score (nSPS) is 26.1. The molecule has 0 aromatic carbocycles. The highest BCUT2D eigenvalue weighted by Gasteiger charge is 2.48. The molecule has 1 fully saturated rings. The second kappa shape index (κ2) is 6.02. The van der Waals surface area contributed by atoms with Crippen LogP contribution in [0.1, 0.15) is 19.8 Å². The average Bonchev–Trinajstić information content (AvgIpc) is 2.64. The molecule has 2 N–H and O–H groups in total. The molecule has 1 rings (SSSR count). The minimum Gasteiger partial charge on any atom is -0.384 e. The van der Waals surface area contributed by atoms with Crippen LogP contribution in [0.2, 0.25) is 0 Å². The first-order valence-corrected chi connectivity index (χ1v) is 5.95. The summed E-state index contributed by atoms with van der Waals surface area (Å²) >= 11 is 0. The Balaban J connectivity index is 2.66. The van der Waals surface area contributed by atoms with Gasteiger partial charge in [-0.1, -0.05) is 6.92 Å². The van der Waals surface area contributed by atoms with Crippen LogP contribution in [-0.4, -0.2) is 50.0 Å². The van der Waals surface area contributed by atoms with E-state index in [9.17, 15) is 13.2 Å². The third kappa shape index (κ3) is 3.82. The average molecular weight is 254 g/mol. The largest absolute Gasteiger partial charge is 0.405 e. The fraction of sp³-hybridized carbons (Fsp3) is 1.00. The Morgan fingerprint density at radius 3 is 2.59 bits per heavy atom. The number of rotatable bonds is 5. The van der Waals surface area contributed by atoms with Gasteiger partial charge in [0.15, 0.2) is 0 Å². The van der Waals surface area contributed by atoms with Crippen LogP contribution in [0.15, 0.2) is 0 Å². The lowest BCUT2D eigenvalue weighted by atomic mass is 10.0. The Bertz CT molecular complexity index is 235. The van der Waals surface area contributed by atoms with E-state index in [4.69, 9.17) is 10.5 Å². The lowest BCUT2D eigenvalue weighted by Gasteiger charge is -2.33. The summed E-state index contributed by atoms with van der Waals surface area (Å²) in [5.74, 6) is 0.189. The number of hydrogen-bond acceptors (Lipinski definition) is 3. The summed E-state index contributed by atoms with van der Waals surface area (Å²) in [4.78, 5) is 1.46. The number of nitrogens with zero attached hydrogens (tertiary/aromatic N) is 1. The summed E-state index contributed by atoms with van der Waals surface area (Å²) in [5, 5.41) is 0. The summed E-state index contributed by atoms with van der Waals surface area (Å²) in [7, 11) is 1.57. The smallest absolute Gasteiger partial charge is 0.384 e. The molecule has 0 aromatic heterocycles. The lowest BCUT2D eigenvalue weighted by molar-refractivity contribution is -0.187. The summed E-state index contributed by atoms with van der Waals surface area (Å²) < 4.78 is 43.9. The van der Waals surface area contributed by atoms with Gasteiger partial charge < -0.3 is 10.5 Å². The maximum absolute atomic E-state index is 13.0. The van der Waals surface area contributed by atoms with Gasteiger partial charge in [0.2, 0.25) is 0 Å². The Morgan fingerprint density at radius 1 is 1.47 bits per heavy atom. The van der Waals surface area contributed by atoms with Crippen LogP contribution in [0, 0.1) is 5.92 Å². The number of ether oxygens (including phenoxy) is 1. The van der Waals surface area contributed by atoms with Crippen molar-refractivity contribution in [2.75, 3.05) is 26.8 Å². The molecular weight excluding hydrogens is 233 g/mol. The highest BCUT2D eigenvalue weighted by atomic mass is 19.4. The molecule has 3 unspecified atom stereocenters. The molecule has 3 atom stereocenters. The SMILES string of the molecule is CCC(N)C(N1CCC(COC)C1)C(F)(F)F. The van der Waals surface area contributed by atoms with Crippen LogP contribution in [-0.2, 0) is 4.74 Å². The van der Waals surface area contributed by atoms with Crippen LogP contribution < -0.4 is 5.73 Å². The van der Waals surface area contributed by atoms with Crippen LogP contribution in [0.25, 0.3) is 0 Å². The van der Waals surface area contributed by atoms with Gasteiger partial charge in [-0.15, -0.1) is 0 Å². The second-order valence-electron chi connectivity index (χ2n) is 4.66. The predicted octanol–water partition coefficient (Wildman–Crippen LogP) is 1.62. The first-order chi connectivity index (χ1) is 7.90. The number of hydrogen-bond donors (Lipinski definition) is 1. The molecule has 1 saturated heterocycles. The van der Waals surface area contributed by atoms with E-state index >= 15 is 0 Å². The van der Waals surface area contributed by atoms with Crippen molar-refractivity contribution in [2.24, 2.45) is 11.7 Å². The predicted molar refractivity (Wildman–Crippen MR) is 59.7 cm³/mol. The van der Waals surface area contributed by atoms with Gasteiger partial charge in [-0.05, 0) is 25.3 Å². The molecule has 0 bridgehead atoms. The van der Waals surface area contributed by atoms with E-state index in [1.54, 1.807) is 14.0 Å². The first kappa shape index (κ1) is 14.7. The van der Waals surface area contributed by atoms with E-state index in [2.05, 4.69) is 0 Å². The summed E-state index contributed by atoms with van der Waals surface area (Å²) in [6.07, 6.45) is -3.18. The number of halogens is 3. The zero-order valence-corrected chi connectivity index (χ0v) is 10.3. The lowest BCUT2D eigenvalue weighted by Crippen LogP contribution is -2.55. The number of nitrogens with two attached hydrogens (primary N) is 1. The molecule has 0 aromatic rings. The van der Waals surface area contributed by atoms with Gasteiger partial charge in [-0.25, -0.2) is 0 Å². The maximum atomic E-state index is 13.0. The molecule has 0 spiro atoms. The van der Waals surface area contributed by atoms with Crippen LogP contribution in [0.3, 0.4) is 0 Å². The summed E-state index contributed by atoms with van der Waals surface area (Å²) in [6, 6.07) is -2.37. The topological polar surface area (TPSA) is 38.5 Å². The van der Waals surface area contributed by atoms with Crippen molar-refractivity contribution in [3.63, 3.8) is 0 Å². The molecule has 1 aliphatic rings. The van der Waals surface area contributed by atoms with Gasteiger partial charge in [-0.3, -0.25) is 4.90 Å². The van der Waals surface area contributed by atoms with E-state index in [0.29, 0.717) is 26.1 Å². The van der Waals surface area contributed by atoms with Crippen LogP contribution in [0.4, 0.5) is 13.2 Å². The number of alkyl halides is 3. The molecule has 6 heteroatoms. The van der Waals surface area contributed by atoms with Gasteiger partial charge in [0, 0.05) is 19.7 Å². The quantitative estimate of drug-likeness (QED) is 0.810. The molecule has 17 heavy (non-hydrogen) atoms. The van der Waals surface area contributed by atoms with Crippen molar-refractivity contribution in [1.29, 1.82) is 0 Å². The number of methoxy groups -OCH3 is 1. The maximum Gasteiger partial charge on any atom is 0.405 e. The third-order valence-electron chi connectivity index (χ3n) is 3.33. The third-order valence-corrected chi connectivity index (χ3v) is 3.33. The van der Waals surface area contributed by atoms with Crippen LogP contribution in [0.5, 0.6) is 0 Å². The fourth-order valence-corrected chi connectivity index (χ4v) is 2.43. The summed E-state index contributed by atoms with van der Waals surface area (Å²) in [6.45, 7) is 3.08. The second-order valence-corrected chi connectivity index (χ2v) is 4.66. The standard InChI is InChI=1S/C11H21F3N2O/c1-3-9(15)10(11(12,13)14)16-5-4-8(6-16)7-17-2/h8-10H,3-7,15H2,1-2H3. The highest BCUT2D eigenvalue weighted by molar-refractivity contribution is 4.91. The van der Waals surface area contributed by atoms with Crippen molar-refractivity contribution < 1.29 is 17.9 Å². The fourth-order valence-electron chi connectivity index (χ4n) is 2.43. The highest BCUT2D eigenvalue weighted by Crippen LogP contribution is 2.31. The van der Waals surface area contributed by atoms with Crippen LogP contribution >= 0.6 is 0 Å². The Kier molecular flexibility index (Phi) is 5.22. The summed E-state index contributed by atoms with van der Waals surface area (Å²) in [5.41, 5.74) is 5.61. The van der Waals surface area contributed by atoms with Crippen molar-refractivity contribution in [1.82, 2.24) is 4.90 Å². The molecule has 3 nitrogen and oxygen atoms in total. The molecule has 0 amide bonds. The van der Waals surface area contributed by atoms with E-state index in [1.807, 2.05) is 0 Å². The van der Waals surface area contributed by atoms with Crippen molar-refractivity contribution in [3.05, 3.63) is 0 Å². The zero-order valence-electron chi connectivity index (χ0n) is 10.3. The Morgan fingerprint density at radius 2 is 2.12 bits per heavy atom. The van der Waals surface area contributed by atoms with Crippen molar-refractivity contribution in [2.45, 2.75) is 38.0 Å². The van der Waals surface area contributed by atoms with Crippen molar-refractivity contribution in [3.8, 4) is 0 Å². The van der Waals surface area contributed by atoms with E-state index in [0.717, 1.165) is 6.42 Å². The molecular formula is C11H21F3N2O. The molecule has 1 heterocycles. The van der Waals surface area contributed by atoms with Gasteiger partial charge >= 0.3 is 6.18 Å². The minimum absolute atomic E-state index is 0.189. The van der Waals surface area contributed by atoms with Gasteiger partial charge in [0.1, 0.15) is 6.04 Å². The molecule has 0 aliphatic carbocycles. The van der Waals surface area contributed by atoms with Crippen molar-refractivity contribution >= 4 is 0 Å². The zero-order chi connectivity index (χ0) is 13.1. The van der Waals surface area contributed by atoms with E-state index in [1.165, 1.54) is 4.90 Å². The monoisotopic (exact) mass is 254 g/mol. The molecule has 0 radical (unpaired) electrons. The number of likely N-dealkylation sites (tertiary alicyclic amines) is 1. The van der Waals surface area contributed by atoms with Gasteiger partial charge in [-0.2, -0.15) is 13.2 Å². The van der Waals surface area contributed by atoms with Gasteiger partial charge in [0.05, 0.1) is 6.61 Å². The van der Waals surface area contributed by atoms with E-state index < -0.39 is 18.3 Å². The van der Waals surface area contributed by atoms with Gasteiger partial charge in [0.25, 0.3) is 0 Å². The Labute approximate surface area is 100 Å². The first-order valence-electron chi connectivity index (χ1n) is 5.95. The van der Waals surface area contributed by atoms with E-state index in [-0.39, 0.29) is 5.92 Å². The minimum atomic E-state index is -4.25. The molecule has 1 aliphatic heterocycles. The molecule has 102 valence electrons.